The van der Waals surface area contributed by atoms with E-state index in [1.54, 1.807) is 6.07 Å². The molecule has 20 heavy (non-hydrogen) atoms. The van der Waals surface area contributed by atoms with Crippen LogP contribution < -0.4 is 11.1 Å². The van der Waals surface area contributed by atoms with E-state index in [2.05, 4.69) is 24.1 Å². The van der Waals surface area contributed by atoms with E-state index in [0.717, 1.165) is 6.54 Å². The van der Waals surface area contributed by atoms with E-state index in [4.69, 9.17) is 5.73 Å². The molecule has 0 spiro atoms. The van der Waals surface area contributed by atoms with E-state index in [-0.39, 0.29) is 5.91 Å². The van der Waals surface area contributed by atoms with Crippen LogP contribution >= 0.6 is 0 Å². The molecule has 0 bridgehead atoms. The fraction of sp³-hybridized carbons (Fsp3) is 0.562. The van der Waals surface area contributed by atoms with E-state index in [1.165, 1.54) is 19.3 Å². The Kier molecular flexibility index (Phi) is 5.01. The van der Waals surface area contributed by atoms with Crippen molar-refractivity contribution in [2.75, 3.05) is 17.6 Å². The standard InChI is InChI=1S/C16H25N3O/c1-12-6-5-7-13(2)19(12)11-10-16(20)18-15-9-4-3-8-14(15)17/h3-4,8-9,12-13H,5-7,10-11,17H2,1-2H3,(H,18,20). The number of nitrogens with zero attached hydrogens (tertiary/aromatic N) is 1. The minimum absolute atomic E-state index is 0.0351. The fourth-order valence-electron chi connectivity index (χ4n) is 2.97. The topological polar surface area (TPSA) is 58.4 Å². The highest BCUT2D eigenvalue weighted by molar-refractivity contribution is 5.93. The number of nitrogen functional groups attached to an aromatic ring is 1. The van der Waals surface area contributed by atoms with E-state index in [0.29, 0.717) is 29.9 Å². The van der Waals surface area contributed by atoms with Crippen molar-refractivity contribution in [3.05, 3.63) is 24.3 Å². The summed E-state index contributed by atoms with van der Waals surface area (Å²) in [6, 6.07) is 8.52. The second kappa shape index (κ2) is 6.75. The summed E-state index contributed by atoms with van der Waals surface area (Å²) in [5.41, 5.74) is 7.14. The van der Waals surface area contributed by atoms with Gasteiger partial charge in [0.1, 0.15) is 0 Å². The number of amides is 1. The van der Waals surface area contributed by atoms with Crippen molar-refractivity contribution < 1.29 is 4.79 Å². The Hall–Kier alpha value is -1.55. The van der Waals surface area contributed by atoms with E-state index in [1.807, 2.05) is 18.2 Å². The lowest BCUT2D eigenvalue weighted by molar-refractivity contribution is -0.116. The Morgan fingerprint density at radius 1 is 1.30 bits per heavy atom. The molecule has 0 aliphatic carbocycles. The molecule has 1 aromatic carbocycles. The van der Waals surface area contributed by atoms with E-state index < -0.39 is 0 Å². The van der Waals surface area contributed by atoms with Gasteiger partial charge in [-0.15, -0.1) is 0 Å². The zero-order valence-electron chi connectivity index (χ0n) is 12.4. The van der Waals surface area contributed by atoms with Crippen LogP contribution in [0.15, 0.2) is 24.3 Å². The molecule has 2 unspecified atom stereocenters. The van der Waals surface area contributed by atoms with Crippen LogP contribution in [0.4, 0.5) is 11.4 Å². The first kappa shape index (κ1) is 14.9. The maximum Gasteiger partial charge on any atom is 0.225 e. The third-order valence-corrected chi connectivity index (χ3v) is 4.21. The van der Waals surface area contributed by atoms with E-state index in [9.17, 15) is 4.79 Å². The molecule has 2 atom stereocenters. The summed E-state index contributed by atoms with van der Waals surface area (Å²) in [5, 5.41) is 2.89. The van der Waals surface area contributed by atoms with Crippen LogP contribution in [0.3, 0.4) is 0 Å². The first-order valence-electron chi connectivity index (χ1n) is 7.48. The maximum atomic E-state index is 12.0. The molecule has 1 aliphatic rings. The lowest BCUT2D eigenvalue weighted by Crippen LogP contribution is -2.44. The van der Waals surface area contributed by atoms with Crippen LogP contribution in [0.25, 0.3) is 0 Å². The zero-order valence-corrected chi connectivity index (χ0v) is 12.4. The fourth-order valence-corrected chi connectivity index (χ4v) is 2.97. The SMILES string of the molecule is CC1CCCC(C)N1CCC(=O)Nc1ccccc1N. The second-order valence-corrected chi connectivity index (χ2v) is 5.75. The molecule has 4 nitrogen and oxygen atoms in total. The maximum absolute atomic E-state index is 12.0. The molecule has 0 aromatic heterocycles. The van der Waals surface area contributed by atoms with Gasteiger partial charge in [0.25, 0.3) is 0 Å². The van der Waals surface area contributed by atoms with Gasteiger partial charge in [0.15, 0.2) is 0 Å². The molecule has 1 aromatic rings. The van der Waals surface area contributed by atoms with Gasteiger partial charge < -0.3 is 11.1 Å². The molecule has 1 saturated heterocycles. The average Bonchev–Trinajstić information content (AvgIpc) is 2.41. The molecule has 1 aliphatic heterocycles. The number of nitrogens with one attached hydrogen (secondary N) is 1. The van der Waals surface area contributed by atoms with Gasteiger partial charge >= 0.3 is 0 Å². The average molecular weight is 275 g/mol. The number of anilines is 2. The number of hydrogen-bond acceptors (Lipinski definition) is 3. The molecule has 1 heterocycles. The van der Waals surface area contributed by atoms with Crippen molar-refractivity contribution >= 4 is 17.3 Å². The van der Waals surface area contributed by atoms with Gasteiger partial charge in [-0.25, -0.2) is 0 Å². The predicted molar refractivity (Wildman–Crippen MR) is 83.6 cm³/mol. The van der Waals surface area contributed by atoms with Crippen molar-refractivity contribution in [2.45, 2.75) is 51.6 Å². The first-order valence-corrected chi connectivity index (χ1v) is 7.48. The quantitative estimate of drug-likeness (QED) is 0.831. The Balaban J connectivity index is 1.84. The lowest BCUT2D eigenvalue weighted by Gasteiger charge is -2.38. The van der Waals surface area contributed by atoms with Gasteiger partial charge in [0, 0.05) is 25.0 Å². The first-order chi connectivity index (χ1) is 9.58. The summed E-state index contributed by atoms with van der Waals surface area (Å²) in [6.45, 7) is 5.33. The number of benzene rings is 1. The molecule has 4 heteroatoms. The highest BCUT2D eigenvalue weighted by atomic mass is 16.1. The van der Waals surface area contributed by atoms with Crippen molar-refractivity contribution in [1.29, 1.82) is 0 Å². The minimum Gasteiger partial charge on any atom is -0.397 e. The largest absolute Gasteiger partial charge is 0.397 e. The van der Waals surface area contributed by atoms with Crippen LogP contribution in [-0.2, 0) is 4.79 Å². The number of carbonyl (C=O) groups is 1. The van der Waals surface area contributed by atoms with Crippen molar-refractivity contribution in [3.63, 3.8) is 0 Å². The smallest absolute Gasteiger partial charge is 0.225 e. The highest BCUT2D eigenvalue weighted by Gasteiger charge is 2.24. The van der Waals surface area contributed by atoms with Crippen molar-refractivity contribution in [2.24, 2.45) is 0 Å². The second-order valence-electron chi connectivity index (χ2n) is 5.75. The van der Waals surface area contributed by atoms with Gasteiger partial charge in [-0.1, -0.05) is 18.6 Å². The number of para-hydroxylation sites is 2. The molecule has 2 rings (SSSR count). The number of hydrogen-bond donors (Lipinski definition) is 2. The predicted octanol–water partition coefficient (Wildman–Crippen LogP) is 2.86. The Bertz CT molecular complexity index is 451. The summed E-state index contributed by atoms with van der Waals surface area (Å²) < 4.78 is 0. The minimum atomic E-state index is 0.0351. The Labute approximate surface area is 121 Å². The van der Waals surface area contributed by atoms with E-state index >= 15 is 0 Å². The van der Waals surface area contributed by atoms with Crippen LogP contribution in [0.5, 0.6) is 0 Å². The Morgan fingerprint density at radius 2 is 1.95 bits per heavy atom. The third kappa shape index (κ3) is 3.73. The number of piperidine rings is 1. The molecule has 0 saturated carbocycles. The molecular weight excluding hydrogens is 250 g/mol. The lowest BCUT2D eigenvalue weighted by atomic mass is 9.97. The van der Waals surface area contributed by atoms with Gasteiger partial charge in [-0.3, -0.25) is 9.69 Å². The summed E-state index contributed by atoms with van der Waals surface area (Å²) in [6.07, 6.45) is 4.28. The number of nitrogens with two attached hydrogens (primary N) is 1. The van der Waals surface area contributed by atoms with Crippen molar-refractivity contribution in [3.8, 4) is 0 Å². The van der Waals surface area contributed by atoms with Gasteiger partial charge in [-0.2, -0.15) is 0 Å². The number of carbonyl (C=O) groups excluding carboxylic acids is 1. The molecule has 110 valence electrons. The molecule has 0 radical (unpaired) electrons. The van der Waals surface area contributed by atoms with Crippen LogP contribution in [0.1, 0.15) is 39.5 Å². The summed E-state index contributed by atoms with van der Waals surface area (Å²) in [7, 11) is 0. The molecule has 3 N–H and O–H groups in total. The number of likely N-dealkylation sites (tertiary alicyclic amines) is 1. The highest BCUT2D eigenvalue weighted by Crippen LogP contribution is 2.23. The van der Waals surface area contributed by atoms with Crippen LogP contribution in [0, 0.1) is 0 Å². The summed E-state index contributed by atoms with van der Waals surface area (Å²) >= 11 is 0. The van der Waals surface area contributed by atoms with Crippen LogP contribution in [0.2, 0.25) is 0 Å². The van der Waals surface area contributed by atoms with Crippen molar-refractivity contribution in [1.82, 2.24) is 4.90 Å². The Morgan fingerprint density at radius 3 is 2.60 bits per heavy atom. The van der Waals surface area contributed by atoms with Gasteiger partial charge in [0.2, 0.25) is 5.91 Å². The zero-order chi connectivity index (χ0) is 14.5. The van der Waals surface area contributed by atoms with Gasteiger partial charge in [0.05, 0.1) is 11.4 Å². The summed E-state index contributed by atoms with van der Waals surface area (Å²) in [5.74, 6) is 0.0351. The molecule has 1 amide bonds. The molecule has 1 fully saturated rings. The summed E-state index contributed by atoms with van der Waals surface area (Å²) in [4.78, 5) is 14.5. The number of rotatable bonds is 4. The molecular formula is C16H25N3O. The normalized spacial score (nSPS) is 23.5. The monoisotopic (exact) mass is 275 g/mol. The van der Waals surface area contributed by atoms with Crippen LogP contribution in [-0.4, -0.2) is 29.4 Å². The third-order valence-electron chi connectivity index (χ3n) is 4.21. The van der Waals surface area contributed by atoms with Gasteiger partial charge in [-0.05, 0) is 38.8 Å².